The number of nitrogens with one attached hydrogen (secondary N) is 1. The lowest BCUT2D eigenvalue weighted by Crippen LogP contribution is -2.44. The third-order valence-corrected chi connectivity index (χ3v) is 5.49. The molecule has 0 saturated carbocycles. The SMILES string of the molecule is Cc1ncc(C(=O)Nc2ccc(-c3cc(N)cc(N4CCN(C)CC4)c3)c(C)n2)cn1. The Labute approximate surface area is 182 Å². The van der Waals surface area contributed by atoms with Crippen LogP contribution in [0.15, 0.2) is 42.7 Å². The summed E-state index contributed by atoms with van der Waals surface area (Å²) in [6, 6.07) is 9.91. The normalized spacial score (nSPS) is 14.5. The molecule has 31 heavy (non-hydrogen) atoms. The van der Waals surface area contributed by atoms with Crippen molar-refractivity contribution in [1.82, 2.24) is 19.9 Å². The van der Waals surface area contributed by atoms with Crippen LogP contribution in [0.4, 0.5) is 17.2 Å². The fourth-order valence-corrected chi connectivity index (χ4v) is 3.67. The van der Waals surface area contributed by atoms with E-state index in [2.05, 4.69) is 43.2 Å². The van der Waals surface area contributed by atoms with Gasteiger partial charge in [0.1, 0.15) is 11.6 Å². The van der Waals surface area contributed by atoms with Crippen molar-refractivity contribution in [2.24, 2.45) is 0 Å². The van der Waals surface area contributed by atoms with Crippen molar-refractivity contribution >= 4 is 23.1 Å². The zero-order valence-corrected chi connectivity index (χ0v) is 18.1. The number of aromatic nitrogens is 3. The van der Waals surface area contributed by atoms with Gasteiger partial charge in [0.2, 0.25) is 0 Å². The molecule has 0 bridgehead atoms. The Morgan fingerprint density at radius 3 is 2.42 bits per heavy atom. The minimum atomic E-state index is -0.291. The molecule has 8 heteroatoms. The van der Waals surface area contributed by atoms with E-state index in [1.54, 1.807) is 13.0 Å². The first-order valence-corrected chi connectivity index (χ1v) is 10.3. The zero-order valence-electron chi connectivity index (χ0n) is 18.1. The van der Waals surface area contributed by atoms with Gasteiger partial charge in [0.05, 0.1) is 5.56 Å². The summed E-state index contributed by atoms with van der Waals surface area (Å²) in [7, 11) is 2.14. The van der Waals surface area contributed by atoms with Gasteiger partial charge in [-0.2, -0.15) is 0 Å². The molecule has 1 saturated heterocycles. The van der Waals surface area contributed by atoms with Crippen molar-refractivity contribution in [3.05, 3.63) is 59.8 Å². The molecular weight excluding hydrogens is 390 g/mol. The summed E-state index contributed by atoms with van der Waals surface area (Å²) < 4.78 is 0. The van der Waals surface area contributed by atoms with Crippen LogP contribution in [-0.4, -0.2) is 59.0 Å². The number of likely N-dealkylation sites (N-methyl/N-ethyl adjacent to an activating group) is 1. The van der Waals surface area contributed by atoms with Crippen LogP contribution in [0, 0.1) is 13.8 Å². The number of carbonyl (C=O) groups is 1. The molecule has 8 nitrogen and oxygen atoms in total. The lowest BCUT2D eigenvalue weighted by molar-refractivity contribution is 0.102. The van der Waals surface area contributed by atoms with Gasteiger partial charge >= 0.3 is 0 Å². The number of aryl methyl sites for hydroxylation is 2. The molecule has 3 N–H and O–H groups in total. The molecule has 1 amide bonds. The summed E-state index contributed by atoms with van der Waals surface area (Å²) in [6.07, 6.45) is 3.01. The first kappa shape index (κ1) is 20.7. The molecule has 160 valence electrons. The van der Waals surface area contributed by atoms with Gasteiger partial charge in [-0.05, 0) is 56.8 Å². The number of hydrogen-bond acceptors (Lipinski definition) is 7. The number of amides is 1. The molecule has 0 unspecified atom stereocenters. The van der Waals surface area contributed by atoms with Crippen LogP contribution in [0.25, 0.3) is 11.1 Å². The summed E-state index contributed by atoms with van der Waals surface area (Å²) >= 11 is 0. The molecule has 1 fully saturated rings. The second-order valence-corrected chi connectivity index (χ2v) is 7.91. The standard InChI is InChI=1S/C23H27N7O/c1-15-21(4-5-22(27-15)28-23(31)18-13-25-16(2)26-14-18)17-10-19(24)12-20(11-17)30-8-6-29(3)7-9-30/h4-5,10-14H,6-9,24H2,1-3H3,(H,27,28,31). The maximum atomic E-state index is 12.4. The predicted molar refractivity (Wildman–Crippen MR) is 123 cm³/mol. The summed E-state index contributed by atoms with van der Waals surface area (Å²) in [5.74, 6) is 0.809. The van der Waals surface area contributed by atoms with Gasteiger partial charge < -0.3 is 20.9 Å². The number of benzene rings is 1. The quantitative estimate of drug-likeness (QED) is 0.630. The number of anilines is 3. The highest BCUT2D eigenvalue weighted by Gasteiger charge is 2.16. The van der Waals surface area contributed by atoms with Crippen molar-refractivity contribution in [3.8, 4) is 11.1 Å². The minimum Gasteiger partial charge on any atom is -0.399 e. The molecule has 1 aliphatic heterocycles. The van der Waals surface area contributed by atoms with Gasteiger partial charge in [-0.3, -0.25) is 4.79 Å². The maximum absolute atomic E-state index is 12.4. The highest BCUT2D eigenvalue weighted by molar-refractivity contribution is 6.03. The maximum Gasteiger partial charge on any atom is 0.259 e. The molecule has 2 aromatic heterocycles. The van der Waals surface area contributed by atoms with E-state index in [4.69, 9.17) is 5.73 Å². The van der Waals surface area contributed by atoms with Gasteiger partial charge in [0, 0.05) is 61.2 Å². The second kappa shape index (κ2) is 8.69. The molecule has 0 aliphatic carbocycles. The summed E-state index contributed by atoms with van der Waals surface area (Å²) in [5, 5.41) is 2.81. The van der Waals surface area contributed by atoms with Crippen LogP contribution in [0.2, 0.25) is 0 Å². The summed E-state index contributed by atoms with van der Waals surface area (Å²) in [6.45, 7) is 7.72. The van der Waals surface area contributed by atoms with Crippen molar-refractivity contribution in [1.29, 1.82) is 0 Å². The molecule has 0 radical (unpaired) electrons. The molecule has 0 atom stereocenters. The fourth-order valence-electron chi connectivity index (χ4n) is 3.67. The third kappa shape index (κ3) is 4.80. The molecule has 4 rings (SSSR count). The molecule has 3 heterocycles. The van der Waals surface area contributed by atoms with E-state index in [1.165, 1.54) is 12.4 Å². The van der Waals surface area contributed by atoms with Crippen LogP contribution in [0.1, 0.15) is 21.9 Å². The number of hydrogen-bond donors (Lipinski definition) is 2. The van der Waals surface area contributed by atoms with Crippen LogP contribution in [-0.2, 0) is 0 Å². The van der Waals surface area contributed by atoms with E-state index in [9.17, 15) is 4.79 Å². The van der Waals surface area contributed by atoms with E-state index in [0.29, 0.717) is 17.2 Å². The summed E-state index contributed by atoms with van der Waals surface area (Å²) in [5.41, 5.74) is 11.3. The third-order valence-electron chi connectivity index (χ3n) is 5.49. The lowest BCUT2D eigenvalue weighted by atomic mass is 10.0. The smallest absolute Gasteiger partial charge is 0.259 e. The van der Waals surface area contributed by atoms with Crippen LogP contribution in [0.3, 0.4) is 0 Å². The Bertz CT molecular complexity index is 1090. The first-order valence-electron chi connectivity index (χ1n) is 10.3. The van der Waals surface area contributed by atoms with Gasteiger partial charge in [-0.1, -0.05) is 0 Å². The Morgan fingerprint density at radius 1 is 1.03 bits per heavy atom. The van der Waals surface area contributed by atoms with Crippen molar-refractivity contribution in [2.45, 2.75) is 13.8 Å². The van der Waals surface area contributed by atoms with E-state index in [1.807, 2.05) is 25.1 Å². The number of carbonyl (C=O) groups excluding carboxylic acids is 1. The second-order valence-electron chi connectivity index (χ2n) is 7.91. The molecular formula is C23H27N7O. The van der Waals surface area contributed by atoms with E-state index in [-0.39, 0.29) is 5.91 Å². The number of nitrogen functional groups attached to an aromatic ring is 1. The molecule has 1 aromatic carbocycles. The van der Waals surface area contributed by atoms with Gasteiger partial charge in [-0.25, -0.2) is 15.0 Å². The number of nitrogens with zero attached hydrogens (tertiary/aromatic N) is 5. The topological polar surface area (TPSA) is 100 Å². The van der Waals surface area contributed by atoms with Crippen molar-refractivity contribution < 1.29 is 4.79 Å². The lowest BCUT2D eigenvalue weighted by Gasteiger charge is -2.34. The molecule has 0 spiro atoms. The number of rotatable bonds is 4. The van der Waals surface area contributed by atoms with E-state index < -0.39 is 0 Å². The van der Waals surface area contributed by atoms with Gasteiger partial charge in [0.25, 0.3) is 5.91 Å². The number of piperazine rings is 1. The van der Waals surface area contributed by atoms with E-state index in [0.717, 1.165) is 54.4 Å². The van der Waals surface area contributed by atoms with Crippen molar-refractivity contribution in [3.63, 3.8) is 0 Å². The zero-order chi connectivity index (χ0) is 22.0. The largest absolute Gasteiger partial charge is 0.399 e. The predicted octanol–water partition coefficient (Wildman–Crippen LogP) is 2.74. The molecule has 3 aromatic rings. The Morgan fingerprint density at radius 2 is 1.74 bits per heavy atom. The summed E-state index contributed by atoms with van der Waals surface area (Å²) in [4.78, 5) is 29.8. The minimum absolute atomic E-state index is 0.291. The monoisotopic (exact) mass is 417 g/mol. The highest BCUT2D eigenvalue weighted by atomic mass is 16.1. The van der Waals surface area contributed by atoms with Crippen LogP contribution < -0.4 is 16.0 Å². The Balaban J connectivity index is 1.55. The highest BCUT2D eigenvalue weighted by Crippen LogP contribution is 2.31. The van der Waals surface area contributed by atoms with Crippen LogP contribution in [0.5, 0.6) is 0 Å². The molecule has 1 aliphatic rings. The van der Waals surface area contributed by atoms with Gasteiger partial charge in [-0.15, -0.1) is 0 Å². The van der Waals surface area contributed by atoms with E-state index >= 15 is 0 Å². The average molecular weight is 418 g/mol. The van der Waals surface area contributed by atoms with Gasteiger partial charge in [0.15, 0.2) is 0 Å². The fraction of sp³-hybridized carbons (Fsp3) is 0.304. The van der Waals surface area contributed by atoms with Crippen LogP contribution >= 0.6 is 0 Å². The number of pyridine rings is 1. The number of nitrogens with two attached hydrogens (primary N) is 1. The average Bonchev–Trinajstić information content (AvgIpc) is 2.74. The Hall–Kier alpha value is -3.52. The first-order chi connectivity index (χ1) is 14.9. The van der Waals surface area contributed by atoms with Crippen molar-refractivity contribution in [2.75, 3.05) is 49.2 Å². The Kier molecular flexibility index (Phi) is 5.81.